The second-order valence-electron chi connectivity index (χ2n) is 17.5. The number of amides is 4. The molecule has 5 N–H and O–H groups in total. The third-order valence-electron chi connectivity index (χ3n) is 10.9. The van der Waals surface area contributed by atoms with Crippen molar-refractivity contribution in [1.29, 1.82) is 0 Å². The number of benzene rings is 4. The maximum atomic E-state index is 12.6. The number of rotatable bonds is 13. The minimum Gasteiger partial charge on any atom is -0.383 e. The lowest BCUT2D eigenvalue weighted by molar-refractivity contribution is 0.122. The van der Waals surface area contributed by atoms with Gasteiger partial charge >= 0.3 is 12.1 Å². The van der Waals surface area contributed by atoms with Crippen molar-refractivity contribution in [2.24, 2.45) is 0 Å². The third kappa shape index (κ3) is 13.8. The van der Waals surface area contributed by atoms with Crippen LogP contribution in [-0.2, 0) is 14.9 Å². The zero-order chi connectivity index (χ0) is 49.7. The molecule has 5 heterocycles. The third-order valence-corrected chi connectivity index (χ3v) is 13.9. The maximum Gasteiger partial charge on any atom is 0.323 e. The lowest BCUT2D eigenvalue weighted by atomic mass is 9.98. The first-order valence-corrected chi connectivity index (χ1v) is 25.0. The number of anilines is 6. The number of hydrogen-bond acceptors (Lipinski definition) is 12. The maximum absolute atomic E-state index is 12.6. The van der Waals surface area contributed by atoms with Crippen molar-refractivity contribution in [3.8, 4) is 43.4 Å². The zero-order valence-corrected chi connectivity index (χ0v) is 42.5. The second kappa shape index (κ2) is 23.6. The summed E-state index contributed by atoms with van der Waals surface area (Å²) in [4.78, 5) is 48.1. The number of aryl methyl sites for hydroxylation is 1. The molecule has 1 aliphatic rings. The fraction of sp³-hybridized carbons (Fsp3) is 0.222. The summed E-state index contributed by atoms with van der Waals surface area (Å²) in [6, 6.07) is 37.6. The molecule has 8 aromatic rings. The van der Waals surface area contributed by atoms with Crippen molar-refractivity contribution in [3.05, 3.63) is 156 Å². The van der Waals surface area contributed by atoms with Gasteiger partial charge < -0.3 is 41.0 Å². The molecule has 0 radical (unpaired) electrons. The smallest absolute Gasteiger partial charge is 0.323 e. The van der Waals surface area contributed by atoms with Crippen LogP contribution in [0.1, 0.15) is 31.3 Å². The fourth-order valence-electron chi connectivity index (χ4n) is 7.32. The molecule has 17 heteroatoms. The van der Waals surface area contributed by atoms with Gasteiger partial charge in [0.25, 0.3) is 0 Å². The lowest BCUT2D eigenvalue weighted by Crippen LogP contribution is -2.36. The van der Waals surface area contributed by atoms with Crippen LogP contribution in [0.2, 0.25) is 5.02 Å². The average molecular weight is 1010 g/mol. The first-order valence-electron chi connectivity index (χ1n) is 23.0. The SMILES string of the molecule is COCCNc1cc(-c2nc(C(C)(C)C)sc2-c2cccc(NC(=O)Nc3ccc(C)cc3)c2)ccn1.O=C(Nc1ccc(Cl)cc1)Nc1cccc(-c2sc(N3CCOCC3)nc2-c2ccncc2)c1. The molecule has 0 unspecified atom stereocenters. The first kappa shape index (κ1) is 50.2. The van der Waals surface area contributed by atoms with E-state index in [1.165, 1.54) is 0 Å². The standard InChI is InChI=1S/C29H33N5O2S.C25H22ClN5O2S/c1-19-9-11-22(12-10-19)32-28(35)33-23-8-6-7-21(17-23)26-25(34-27(37-26)29(2,3)4)20-13-14-30-24(18-20)31-15-16-36-5;26-19-4-6-20(7-5-19)28-24(32)29-21-3-1-2-18(16-21)23-22(17-8-10-27-11-9-17)30-25(34-23)31-12-14-33-15-13-31/h6-14,17-18H,15-16H2,1-5H3,(H,30,31)(H2,32,33,35);1-11,16H,12-15H2,(H2,28,29,32). The largest absolute Gasteiger partial charge is 0.383 e. The molecule has 0 bridgehead atoms. The van der Waals surface area contributed by atoms with Crippen LogP contribution in [0.15, 0.2) is 140 Å². The Kier molecular flexibility index (Phi) is 16.7. The molecular weight excluding hydrogens is 952 g/mol. The van der Waals surface area contributed by atoms with Crippen LogP contribution in [0.25, 0.3) is 43.4 Å². The zero-order valence-electron chi connectivity index (χ0n) is 40.1. The predicted octanol–water partition coefficient (Wildman–Crippen LogP) is 13.2. The van der Waals surface area contributed by atoms with E-state index in [9.17, 15) is 9.59 Å². The summed E-state index contributed by atoms with van der Waals surface area (Å²) in [6.45, 7) is 12.8. The van der Waals surface area contributed by atoms with Crippen molar-refractivity contribution in [2.45, 2.75) is 33.1 Å². The molecule has 1 aliphatic heterocycles. The minimum absolute atomic E-state index is 0.103. The number of pyridine rings is 2. The van der Waals surface area contributed by atoms with Crippen molar-refractivity contribution in [1.82, 2.24) is 19.9 Å². The van der Waals surface area contributed by atoms with Crippen LogP contribution in [-0.4, -0.2) is 78.6 Å². The van der Waals surface area contributed by atoms with Gasteiger partial charge in [0.05, 0.1) is 46.0 Å². The van der Waals surface area contributed by atoms with Gasteiger partial charge in [0, 0.05) is 89.6 Å². The molecule has 0 atom stereocenters. The fourth-order valence-corrected chi connectivity index (χ4v) is 9.72. The van der Waals surface area contributed by atoms with E-state index in [1.807, 2.05) is 104 Å². The van der Waals surface area contributed by atoms with Crippen LogP contribution in [0.3, 0.4) is 0 Å². The highest BCUT2D eigenvalue weighted by Gasteiger charge is 2.24. The molecule has 9 rings (SSSR count). The molecule has 1 saturated heterocycles. The number of carbonyl (C=O) groups is 2. The van der Waals surface area contributed by atoms with Crippen LogP contribution in [0, 0.1) is 6.92 Å². The Morgan fingerprint density at radius 2 is 1.24 bits per heavy atom. The number of ether oxygens (including phenoxy) is 2. The van der Waals surface area contributed by atoms with Crippen LogP contribution >= 0.6 is 34.3 Å². The molecule has 364 valence electrons. The Hall–Kier alpha value is -7.21. The van der Waals surface area contributed by atoms with E-state index < -0.39 is 0 Å². The summed E-state index contributed by atoms with van der Waals surface area (Å²) in [5, 5.41) is 17.5. The highest BCUT2D eigenvalue weighted by Crippen LogP contribution is 2.43. The number of nitrogens with one attached hydrogen (secondary N) is 5. The van der Waals surface area contributed by atoms with Gasteiger partial charge in [-0.2, -0.15) is 0 Å². The van der Waals surface area contributed by atoms with E-state index in [2.05, 4.69) is 62.2 Å². The van der Waals surface area contributed by atoms with Gasteiger partial charge in [0.2, 0.25) is 0 Å². The number of carbonyl (C=O) groups excluding carboxylic acids is 2. The molecule has 4 aromatic carbocycles. The number of thiazole rings is 2. The van der Waals surface area contributed by atoms with E-state index in [0.29, 0.717) is 48.5 Å². The minimum atomic E-state index is -0.327. The Morgan fingerprint density at radius 1 is 0.676 bits per heavy atom. The predicted molar refractivity (Wildman–Crippen MR) is 292 cm³/mol. The summed E-state index contributed by atoms with van der Waals surface area (Å²) in [5.41, 5.74) is 9.57. The Labute approximate surface area is 426 Å². The summed E-state index contributed by atoms with van der Waals surface area (Å²) < 4.78 is 10.6. The van der Waals surface area contributed by atoms with Gasteiger partial charge in [-0.1, -0.05) is 85.7 Å². The summed E-state index contributed by atoms with van der Waals surface area (Å²) >= 11 is 9.23. The van der Waals surface area contributed by atoms with Crippen molar-refractivity contribution in [3.63, 3.8) is 0 Å². The Balaban J connectivity index is 0.000000191. The molecule has 0 saturated carbocycles. The number of morpholine rings is 1. The van der Waals surface area contributed by atoms with E-state index in [1.54, 1.807) is 72.6 Å². The summed E-state index contributed by atoms with van der Waals surface area (Å²) in [5.74, 6) is 0.772. The van der Waals surface area contributed by atoms with Crippen molar-refractivity contribution in [2.75, 3.05) is 78.0 Å². The normalized spacial score (nSPS) is 12.3. The van der Waals surface area contributed by atoms with Gasteiger partial charge in [0.1, 0.15) is 5.82 Å². The molecule has 0 spiro atoms. The first-order chi connectivity index (χ1) is 34.4. The van der Waals surface area contributed by atoms with E-state index in [4.69, 9.17) is 31.0 Å². The molecular formula is C54H55ClN10O4S2. The van der Waals surface area contributed by atoms with Crippen LogP contribution in [0.4, 0.5) is 43.3 Å². The molecule has 14 nitrogen and oxygen atoms in total. The molecule has 0 aliphatic carbocycles. The number of aromatic nitrogens is 4. The topological polar surface area (TPSA) is 168 Å². The van der Waals surface area contributed by atoms with Crippen molar-refractivity contribution >= 4 is 80.0 Å². The number of nitrogens with zero attached hydrogens (tertiary/aromatic N) is 5. The highest BCUT2D eigenvalue weighted by molar-refractivity contribution is 7.19. The van der Waals surface area contributed by atoms with Crippen molar-refractivity contribution < 1.29 is 19.1 Å². The highest BCUT2D eigenvalue weighted by atomic mass is 35.5. The lowest BCUT2D eigenvalue weighted by Gasteiger charge is -2.26. The number of halogens is 1. The van der Waals surface area contributed by atoms with Gasteiger partial charge in [0.15, 0.2) is 5.13 Å². The number of urea groups is 2. The van der Waals surface area contributed by atoms with E-state index >= 15 is 0 Å². The van der Waals surface area contributed by atoms with Gasteiger partial charge in [-0.05, 0) is 103 Å². The molecule has 4 amide bonds. The van der Waals surface area contributed by atoms with Crippen LogP contribution < -0.4 is 31.5 Å². The van der Waals surface area contributed by atoms with Gasteiger partial charge in [-0.15, -0.1) is 11.3 Å². The second-order valence-corrected chi connectivity index (χ2v) is 19.9. The van der Waals surface area contributed by atoms with Gasteiger partial charge in [-0.25, -0.2) is 24.5 Å². The number of hydrogen-bond donors (Lipinski definition) is 5. The quantitative estimate of drug-likeness (QED) is 0.0701. The van der Waals surface area contributed by atoms with E-state index in [0.717, 1.165) is 83.7 Å². The Bertz CT molecular complexity index is 3050. The van der Waals surface area contributed by atoms with Crippen LogP contribution in [0.5, 0.6) is 0 Å². The average Bonchev–Trinajstić information content (AvgIpc) is 4.04. The summed E-state index contributed by atoms with van der Waals surface area (Å²) in [6.07, 6.45) is 5.33. The van der Waals surface area contributed by atoms with Gasteiger partial charge in [-0.3, -0.25) is 4.98 Å². The molecule has 1 fully saturated rings. The Morgan fingerprint density at radius 3 is 1.85 bits per heavy atom. The monoisotopic (exact) mass is 1010 g/mol. The van der Waals surface area contributed by atoms with E-state index in [-0.39, 0.29) is 17.5 Å². The molecule has 4 aromatic heterocycles. The number of methoxy groups -OCH3 is 1. The molecule has 71 heavy (non-hydrogen) atoms. The summed E-state index contributed by atoms with van der Waals surface area (Å²) in [7, 11) is 1.68.